The maximum Gasteiger partial charge on any atom is 0.315 e. The Kier molecular flexibility index (Phi) is 5.06. The van der Waals surface area contributed by atoms with Crippen molar-refractivity contribution in [2.75, 3.05) is 13.2 Å². The Morgan fingerprint density at radius 1 is 1.35 bits per heavy atom. The molecule has 0 aliphatic carbocycles. The van der Waals surface area contributed by atoms with E-state index in [2.05, 4.69) is 30.5 Å². The third-order valence-corrected chi connectivity index (χ3v) is 4.61. The number of carbonyl (C=O) groups is 1. The van der Waals surface area contributed by atoms with E-state index in [9.17, 15) is 4.79 Å². The Hall–Kier alpha value is -1.75. The average molecular weight is 318 g/mol. The monoisotopic (exact) mass is 318 g/mol. The minimum Gasteiger partial charge on any atom is -0.491 e. The minimum absolute atomic E-state index is 0.133. The van der Waals surface area contributed by atoms with Crippen molar-refractivity contribution in [2.45, 2.75) is 57.3 Å². The van der Waals surface area contributed by atoms with Crippen molar-refractivity contribution >= 4 is 6.03 Å². The second-order valence-corrected chi connectivity index (χ2v) is 6.66. The third kappa shape index (κ3) is 3.96. The maximum atomic E-state index is 11.9. The highest BCUT2D eigenvalue weighted by Crippen LogP contribution is 2.34. The van der Waals surface area contributed by atoms with E-state index < -0.39 is 0 Å². The van der Waals surface area contributed by atoms with Gasteiger partial charge in [0.2, 0.25) is 0 Å². The van der Waals surface area contributed by atoms with Crippen LogP contribution in [0.15, 0.2) is 24.3 Å². The number of hydrogen-bond donors (Lipinski definition) is 2. The summed E-state index contributed by atoms with van der Waals surface area (Å²) in [7, 11) is 0. The number of fused-ring (bicyclic) bond motifs is 2. The van der Waals surface area contributed by atoms with Crippen LogP contribution >= 0.6 is 0 Å². The van der Waals surface area contributed by atoms with Gasteiger partial charge in [0.05, 0.1) is 24.8 Å². The number of hydrogen-bond acceptors (Lipinski definition) is 3. The van der Waals surface area contributed by atoms with Gasteiger partial charge in [-0.15, -0.1) is 0 Å². The molecule has 3 rings (SSSR count). The lowest BCUT2D eigenvalue weighted by atomic mass is 9.96. The molecule has 2 aliphatic heterocycles. The fourth-order valence-corrected chi connectivity index (χ4v) is 3.42. The zero-order valence-corrected chi connectivity index (χ0v) is 13.9. The van der Waals surface area contributed by atoms with Gasteiger partial charge >= 0.3 is 6.03 Å². The maximum absolute atomic E-state index is 11.9. The average Bonchev–Trinajstić information content (AvgIpc) is 3.14. The topological polar surface area (TPSA) is 59.6 Å². The molecule has 2 saturated heterocycles. The van der Waals surface area contributed by atoms with Crippen molar-refractivity contribution in [2.24, 2.45) is 0 Å². The van der Waals surface area contributed by atoms with Crippen LogP contribution in [0, 0.1) is 0 Å². The van der Waals surface area contributed by atoms with Crippen molar-refractivity contribution in [3.8, 4) is 5.75 Å². The van der Waals surface area contributed by atoms with Gasteiger partial charge in [0.1, 0.15) is 12.4 Å². The van der Waals surface area contributed by atoms with Crippen LogP contribution in [0.4, 0.5) is 4.79 Å². The first-order valence-corrected chi connectivity index (χ1v) is 8.55. The molecule has 2 heterocycles. The van der Waals surface area contributed by atoms with Gasteiger partial charge in [-0.05, 0) is 36.8 Å². The van der Waals surface area contributed by atoms with Gasteiger partial charge in [0.25, 0.3) is 0 Å². The number of nitrogens with one attached hydrogen (secondary N) is 2. The molecule has 0 aromatic heterocycles. The van der Waals surface area contributed by atoms with E-state index >= 15 is 0 Å². The molecule has 2 fully saturated rings. The van der Waals surface area contributed by atoms with Crippen LogP contribution in [0.3, 0.4) is 0 Å². The zero-order valence-electron chi connectivity index (χ0n) is 13.9. The van der Waals surface area contributed by atoms with Crippen molar-refractivity contribution in [3.63, 3.8) is 0 Å². The fraction of sp³-hybridized carbons (Fsp3) is 0.611. The van der Waals surface area contributed by atoms with Crippen molar-refractivity contribution < 1.29 is 14.3 Å². The lowest BCUT2D eigenvalue weighted by Crippen LogP contribution is -2.47. The summed E-state index contributed by atoms with van der Waals surface area (Å²) in [5, 5.41) is 5.87. The van der Waals surface area contributed by atoms with E-state index in [4.69, 9.17) is 9.47 Å². The van der Waals surface area contributed by atoms with Gasteiger partial charge in [-0.2, -0.15) is 0 Å². The second kappa shape index (κ2) is 7.21. The molecule has 126 valence electrons. The number of urea groups is 1. The summed E-state index contributed by atoms with van der Waals surface area (Å²) in [6.45, 7) is 5.24. The first-order chi connectivity index (χ1) is 11.1. The molecule has 3 unspecified atom stereocenters. The number of amides is 2. The van der Waals surface area contributed by atoms with E-state index in [1.807, 2.05) is 18.2 Å². The van der Waals surface area contributed by atoms with Crippen LogP contribution in [-0.4, -0.2) is 37.4 Å². The molecular weight excluding hydrogens is 292 g/mol. The molecule has 0 saturated carbocycles. The summed E-state index contributed by atoms with van der Waals surface area (Å²) in [4.78, 5) is 11.9. The minimum atomic E-state index is -0.133. The lowest BCUT2D eigenvalue weighted by molar-refractivity contribution is 0.0981. The van der Waals surface area contributed by atoms with Gasteiger partial charge in [0.15, 0.2) is 0 Å². The van der Waals surface area contributed by atoms with E-state index in [0.29, 0.717) is 25.2 Å². The SMILES string of the molecule is CC(C)c1ccccc1OCCNC(=O)NC1CC2CCC1O2. The molecule has 23 heavy (non-hydrogen) atoms. The quantitative estimate of drug-likeness (QED) is 0.793. The normalized spacial score (nSPS) is 25.6. The number of carbonyl (C=O) groups excluding carboxylic acids is 1. The first-order valence-electron chi connectivity index (χ1n) is 8.55. The molecule has 1 aromatic carbocycles. The van der Waals surface area contributed by atoms with Gasteiger partial charge < -0.3 is 20.1 Å². The van der Waals surface area contributed by atoms with Crippen molar-refractivity contribution in [1.29, 1.82) is 0 Å². The highest BCUT2D eigenvalue weighted by atomic mass is 16.5. The largest absolute Gasteiger partial charge is 0.491 e. The lowest BCUT2D eigenvalue weighted by Gasteiger charge is -2.20. The van der Waals surface area contributed by atoms with Crippen LogP contribution in [0.2, 0.25) is 0 Å². The number of ether oxygens (including phenoxy) is 2. The highest BCUT2D eigenvalue weighted by Gasteiger charge is 2.41. The molecule has 5 heteroatoms. The zero-order chi connectivity index (χ0) is 16.2. The second-order valence-electron chi connectivity index (χ2n) is 6.66. The highest BCUT2D eigenvalue weighted by molar-refractivity contribution is 5.74. The van der Waals surface area contributed by atoms with Crippen LogP contribution in [0.5, 0.6) is 5.75 Å². The Morgan fingerprint density at radius 3 is 2.87 bits per heavy atom. The fourth-order valence-electron chi connectivity index (χ4n) is 3.42. The van der Waals surface area contributed by atoms with Gasteiger partial charge in [0, 0.05) is 0 Å². The molecular formula is C18H26N2O3. The van der Waals surface area contributed by atoms with Gasteiger partial charge in [-0.1, -0.05) is 32.0 Å². The van der Waals surface area contributed by atoms with Gasteiger partial charge in [-0.25, -0.2) is 4.79 Å². The first kappa shape index (κ1) is 16.1. The summed E-state index contributed by atoms with van der Waals surface area (Å²) in [6, 6.07) is 8.07. The molecule has 0 radical (unpaired) electrons. The molecule has 1 aromatic rings. The van der Waals surface area contributed by atoms with Crippen LogP contribution in [0.1, 0.15) is 44.6 Å². The van der Waals surface area contributed by atoms with Crippen molar-refractivity contribution in [1.82, 2.24) is 10.6 Å². The summed E-state index contributed by atoms with van der Waals surface area (Å²) in [5.41, 5.74) is 1.19. The Labute approximate surface area is 137 Å². The Balaban J connectivity index is 1.37. The summed E-state index contributed by atoms with van der Waals surface area (Å²) in [5.74, 6) is 1.31. The summed E-state index contributed by atoms with van der Waals surface area (Å²) < 4.78 is 11.5. The Bertz CT molecular complexity index is 547. The van der Waals surface area contributed by atoms with E-state index in [1.54, 1.807) is 0 Å². The van der Waals surface area contributed by atoms with Gasteiger partial charge in [-0.3, -0.25) is 0 Å². The van der Waals surface area contributed by atoms with Crippen molar-refractivity contribution in [3.05, 3.63) is 29.8 Å². The molecule has 5 nitrogen and oxygen atoms in total. The van der Waals surface area contributed by atoms with Crippen LogP contribution in [0.25, 0.3) is 0 Å². The molecule has 0 spiro atoms. The van der Waals surface area contributed by atoms with Crippen LogP contribution in [-0.2, 0) is 4.74 Å². The van der Waals surface area contributed by atoms with Crippen LogP contribution < -0.4 is 15.4 Å². The predicted molar refractivity (Wildman–Crippen MR) is 88.9 cm³/mol. The summed E-state index contributed by atoms with van der Waals surface area (Å²) in [6.07, 6.45) is 3.69. The Morgan fingerprint density at radius 2 is 2.17 bits per heavy atom. The molecule has 2 bridgehead atoms. The number of benzene rings is 1. The third-order valence-electron chi connectivity index (χ3n) is 4.61. The summed E-state index contributed by atoms with van der Waals surface area (Å²) >= 11 is 0. The number of para-hydroxylation sites is 1. The number of rotatable bonds is 6. The molecule has 2 aliphatic rings. The molecule has 3 atom stereocenters. The molecule has 2 N–H and O–H groups in total. The smallest absolute Gasteiger partial charge is 0.315 e. The standard InChI is InChI=1S/C18H26N2O3/c1-12(2)14-5-3-4-6-16(14)22-10-9-19-18(21)20-15-11-13-7-8-17(15)23-13/h3-6,12-13,15,17H,7-11H2,1-2H3,(H2,19,20,21). The predicted octanol–water partition coefficient (Wildman–Crippen LogP) is 2.81. The van der Waals surface area contributed by atoms with E-state index in [0.717, 1.165) is 25.0 Å². The molecule has 2 amide bonds. The van der Waals surface area contributed by atoms with E-state index in [1.165, 1.54) is 5.56 Å². The van der Waals surface area contributed by atoms with E-state index in [-0.39, 0.29) is 18.2 Å².